The quantitative estimate of drug-likeness (QED) is 0.601. The Labute approximate surface area is 197 Å². The van der Waals surface area contributed by atoms with E-state index in [1.165, 1.54) is 0 Å². The molecular weight excluding hydrogens is 414 g/mol. The molecule has 1 fully saturated rings. The summed E-state index contributed by atoms with van der Waals surface area (Å²) in [5, 5.41) is 2.90. The van der Waals surface area contributed by atoms with E-state index in [1.807, 2.05) is 56.3 Å². The maximum absolute atomic E-state index is 13.4. The lowest BCUT2D eigenvalue weighted by molar-refractivity contribution is -0.138. The molecule has 1 aliphatic heterocycles. The molecule has 6 heteroatoms. The predicted octanol–water partition coefficient (Wildman–Crippen LogP) is 4.74. The first-order chi connectivity index (χ1) is 15.8. The van der Waals surface area contributed by atoms with Crippen LogP contribution in [0.25, 0.3) is 0 Å². The van der Waals surface area contributed by atoms with Crippen LogP contribution in [-0.4, -0.2) is 42.3 Å². The van der Waals surface area contributed by atoms with Gasteiger partial charge in [-0.2, -0.15) is 0 Å². The second-order valence-electron chi connectivity index (χ2n) is 8.90. The van der Waals surface area contributed by atoms with Gasteiger partial charge < -0.3 is 15.1 Å². The molecule has 3 rings (SSSR count). The monoisotopic (exact) mass is 449 g/mol. The van der Waals surface area contributed by atoms with E-state index in [2.05, 4.69) is 25.2 Å². The van der Waals surface area contributed by atoms with Crippen LogP contribution in [0, 0.1) is 12.8 Å². The summed E-state index contributed by atoms with van der Waals surface area (Å²) in [6.07, 6.45) is 1.89. The Morgan fingerprint density at radius 3 is 2.52 bits per heavy atom. The van der Waals surface area contributed by atoms with Crippen LogP contribution in [0.1, 0.15) is 57.1 Å². The van der Waals surface area contributed by atoms with Crippen LogP contribution in [0.3, 0.4) is 0 Å². The zero-order chi connectivity index (χ0) is 24.0. The SMILES string of the molecule is CCCN(CC(=O)Nc1ccccc1C)C(=O)[C@H]1CC(=O)N(c2ccccc2[C@@H](C)CC)C1. The number of nitrogens with zero attached hydrogens (tertiary/aromatic N) is 2. The zero-order valence-electron chi connectivity index (χ0n) is 20.1. The molecule has 6 nitrogen and oxygen atoms in total. The van der Waals surface area contributed by atoms with Crippen molar-refractivity contribution in [1.29, 1.82) is 0 Å². The van der Waals surface area contributed by atoms with E-state index in [9.17, 15) is 14.4 Å². The maximum atomic E-state index is 13.4. The topological polar surface area (TPSA) is 69.7 Å². The number of carbonyl (C=O) groups is 3. The fourth-order valence-corrected chi connectivity index (χ4v) is 4.35. The third kappa shape index (κ3) is 5.81. The molecule has 1 heterocycles. The van der Waals surface area contributed by atoms with E-state index >= 15 is 0 Å². The van der Waals surface area contributed by atoms with Gasteiger partial charge >= 0.3 is 0 Å². The van der Waals surface area contributed by atoms with E-state index in [0.717, 1.165) is 35.3 Å². The second kappa shape index (κ2) is 11.1. The number of hydrogen-bond donors (Lipinski definition) is 1. The average Bonchev–Trinajstić information content (AvgIpc) is 3.20. The molecule has 1 N–H and O–H groups in total. The lowest BCUT2D eigenvalue weighted by Gasteiger charge is -2.26. The van der Waals surface area contributed by atoms with E-state index < -0.39 is 5.92 Å². The minimum Gasteiger partial charge on any atom is -0.333 e. The molecule has 2 aromatic carbocycles. The molecule has 2 aromatic rings. The Balaban J connectivity index is 1.71. The highest BCUT2D eigenvalue weighted by Crippen LogP contribution is 2.34. The number of aryl methyl sites for hydroxylation is 1. The predicted molar refractivity (Wildman–Crippen MR) is 132 cm³/mol. The number of anilines is 2. The second-order valence-corrected chi connectivity index (χ2v) is 8.90. The normalized spacial score (nSPS) is 16.5. The van der Waals surface area contributed by atoms with Crippen LogP contribution in [0.15, 0.2) is 48.5 Å². The summed E-state index contributed by atoms with van der Waals surface area (Å²) in [4.78, 5) is 42.3. The van der Waals surface area contributed by atoms with Gasteiger partial charge in [0.05, 0.1) is 12.5 Å². The summed E-state index contributed by atoms with van der Waals surface area (Å²) in [7, 11) is 0. The number of amides is 3. The molecule has 1 saturated heterocycles. The summed E-state index contributed by atoms with van der Waals surface area (Å²) >= 11 is 0. The van der Waals surface area contributed by atoms with Crippen LogP contribution in [0.2, 0.25) is 0 Å². The molecule has 33 heavy (non-hydrogen) atoms. The van der Waals surface area contributed by atoms with E-state index in [-0.39, 0.29) is 30.7 Å². The van der Waals surface area contributed by atoms with Crippen molar-refractivity contribution in [1.82, 2.24) is 4.90 Å². The lowest BCUT2D eigenvalue weighted by Crippen LogP contribution is -2.42. The summed E-state index contributed by atoms with van der Waals surface area (Å²) < 4.78 is 0. The van der Waals surface area contributed by atoms with Gasteiger partial charge in [0, 0.05) is 30.9 Å². The van der Waals surface area contributed by atoms with E-state index in [0.29, 0.717) is 19.0 Å². The van der Waals surface area contributed by atoms with Gasteiger partial charge in [-0.05, 0) is 48.9 Å². The Kier molecular flexibility index (Phi) is 8.26. The fourth-order valence-electron chi connectivity index (χ4n) is 4.35. The van der Waals surface area contributed by atoms with Crippen molar-refractivity contribution >= 4 is 29.1 Å². The van der Waals surface area contributed by atoms with Crippen LogP contribution < -0.4 is 10.2 Å². The highest BCUT2D eigenvalue weighted by molar-refractivity contribution is 6.02. The number of hydrogen-bond acceptors (Lipinski definition) is 3. The molecule has 0 saturated carbocycles. The number of carbonyl (C=O) groups excluding carboxylic acids is 3. The van der Waals surface area contributed by atoms with Crippen molar-refractivity contribution in [3.63, 3.8) is 0 Å². The van der Waals surface area contributed by atoms with Crippen LogP contribution in [-0.2, 0) is 14.4 Å². The molecule has 0 unspecified atom stereocenters. The largest absolute Gasteiger partial charge is 0.333 e. The summed E-state index contributed by atoms with van der Waals surface area (Å²) in [6.45, 7) is 9.00. The first kappa shape index (κ1) is 24.5. The summed E-state index contributed by atoms with van der Waals surface area (Å²) in [5.41, 5.74) is 3.74. The third-order valence-electron chi connectivity index (χ3n) is 6.40. The molecule has 176 valence electrons. The van der Waals surface area contributed by atoms with Crippen molar-refractivity contribution in [2.75, 3.05) is 29.9 Å². The summed E-state index contributed by atoms with van der Waals surface area (Å²) in [6, 6.07) is 15.5. The molecule has 1 aliphatic rings. The molecule has 0 aliphatic carbocycles. The minimum atomic E-state index is -0.444. The fraction of sp³-hybridized carbons (Fsp3) is 0.444. The van der Waals surface area contributed by atoms with E-state index in [1.54, 1.807) is 9.80 Å². The Morgan fingerprint density at radius 1 is 1.12 bits per heavy atom. The molecule has 0 aromatic heterocycles. The van der Waals surface area contributed by atoms with Crippen LogP contribution in [0.4, 0.5) is 11.4 Å². The van der Waals surface area contributed by atoms with Crippen molar-refractivity contribution < 1.29 is 14.4 Å². The van der Waals surface area contributed by atoms with Crippen LogP contribution in [0.5, 0.6) is 0 Å². The zero-order valence-corrected chi connectivity index (χ0v) is 20.1. The summed E-state index contributed by atoms with van der Waals surface area (Å²) in [5.74, 6) is -0.515. The third-order valence-corrected chi connectivity index (χ3v) is 6.40. The van der Waals surface area contributed by atoms with Gasteiger partial charge in [-0.1, -0.05) is 57.2 Å². The molecule has 0 bridgehead atoms. The Hall–Kier alpha value is -3.15. The smallest absolute Gasteiger partial charge is 0.244 e. The molecule has 0 spiro atoms. The first-order valence-corrected chi connectivity index (χ1v) is 11.9. The van der Waals surface area contributed by atoms with Crippen molar-refractivity contribution in [2.24, 2.45) is 5.92 Å². The van der Waals surface area contributed by atoms with Crippen LogP contribution >= 0.6 is 0 Å². The van der Waals surface area contributed by atoms with Gasteiger partial charge in [-0.3, -0.25) is 14.4 Å². The number of rotatable bonds is 9. The van der Waals surface area contributed by atoms with Gasteiger partial charge in [0.25, 0.3) is 0 Å². The molecular formula is C27H35N3O3. The van der Waals surface area contributed by atoms with Crippen molar-refractivity contribution in [3.8, 4) is 0 Å². The number of para-hydroxylation sites is 2. The number of nitrogens with one attached hydrogen (secondary N) is 1. The Bertz CT molecular complexity index is 1000. The minimum absolute atomic E-state index is 0.0187. The highest BCUT2D eigenvalue weighted by Gasteiger charge is 2.38. The van der Waals surface area contributed by atoms with E-state index in [4.69, 9.17) is 0 Å². The van der Waals surface area contributed by atoms with Gasteiger partial charge in [-0.25, -0.2) is 0 Å². The first-order valence-electron chi connectivity index (χ1n) is 11.9. The standard InChI is InChI=1S/C27H35N3O3/c1-5-15-29(18-25(31)28-23-13-9-7-11-20(23)4)27(33)21-16-26(32)30(17-21)24-14-10-8-12-22(24)19(3)6-2/h7-14,19,21H,5-6,15-18H2,1-4H3,(H,28,31)/t19-,21-/m0/s1. The lowest BCUT2D eigenvalue weighted by atomic mass is 9.96. The Morgan fingerprint density at radius 2 is 1.82 bits per heavy atom. The van der Waals surface area contributed by atoms with Gasteiger partial charge in [-0.15, -0.1) is 0 Å². The van der Waals surface area contributed by atoms with Gasteiger partial charge in [0.15, 0.2) is 0 Å². The van der Waals surface area contributed by atoms with Crippen molar-refractivity contribution in [3.05, 3.63) is 59.7 Å². The molecule has 0 radical (unpaired) electrons. The number of benzene rings is 2. The van der Waals surface area contributed by atoms with Crippen molar-refractivity contribution in [2.45, 2.75) is 52.9 Å². The average molecular weight is 450 g/mol. The highest BCUT2D eigenvalue weighted by atomic mass is 16.2. The molecule has 3 amide bonds. The van der Waals surface area contributed by atoms with Gasteiger partial charge in [0.2, 0.25) is 17.7 Å². The molecule has 2 atom stereocenters. The maximum Gasteiger partial charge on any atom is 0.244 e. The van der Waals surface area contributed by atoms with Gasteiger partial charge in [0.1, 0.15) is 0 Å².